The molecule has 5 nitrogen and oxygen atoms in total. The van der Waals surface area contributed by atoms with Crippen molar-refractivity contribution in [2.45, 2.75) is 45.7 Å². The lowest BCUT2D eigenvalue weighted by Gasteiger charge is -2.12. The van der Waals surface area contributed by atoms with Crippen LogP contribution >= 0.6 is 35.6 Å². The number of halogens is 3. The van der Waals surface area contributed by atoms with Gasteiger partial charge in [-0.2, -0.15) is 5.10 Å². The highest BCUT2D eigenvalue weighted by Gasteiger charge is 2.41. The second-order valence-corrected chi connectivity index (χ2v) is 7.10. The standard InChI is InChI=1S/C19H25ClFN5.HI/c1-5-22-19(23-10-14-11(2)25-26(4)12(14)3)24-17-9-13(17)18-15(20)7-6-8-16(18)21;/h6-8,13,17H,5,9-10H2,1-4H3,(H2,22,23,24);1H. The zero-order valence-corrected chi connectivity index (χ0v) is 19.1. The van der Waals surface area contributed by atoms with E-state index in [-0.39, 0.29) is 41.8 Å². The van der Waals surface area contributed by atoms with Gasteiger partial charge in [-0.1, -0.05) is 17.7 Å². The molecule has 8 heteroatoms. The van der Waals surface area contributed by atoms with E-state index in [1.54, 1.807) is 12.1 Å². The number of benzene rings is 1. The molecule has 3 rings (SSSR count). The largest absolute Gasteiger partial charge is 0.357 e. The van der Waals surface area contributed by atoms with Crippen LogP contribution in [0.15, 0.2) is 23.2 Å². The quantitative estimate of drug-likeness (QED) is 0.366. The normalized spacial score (nSPS) is 18.8. The van der Waals surface area contributed by atoms with Gasteiger partial charge in [-0.25, -0.2) is 9.38 Å². The van der Waals surface area contributed by atoms with Crippen LogP contribution in [0.2, 0.25) is 5.02 Å². The molecule has 2 aromatic rings. The summed E-state index contributed by atoms with van der Waals surface area (Å²) in [6, 6.07) is 4.97. The molecule has 1 aliphatic carbocycles. The van der Waals surface area contributed by atoms with Crippen LogP contribution in [-0.4, -0.2) is 28.3 Å². The SMILES string of the molecule is CCNC(=NCc1c(C)nn(C)c1C)NC1CC1c1c(F)cccc1Cl.I. The smallest absolute Gasteiger partial charge is 0.191 e. The van der Waals surface area contributed by atoms with Crippen molar-refractivity contribution >= 4 is 41.5 Å². The van der Waals surface area contributed by atoms with E-state index in [4.69, 9.17) is 11.6 Å². The molecule has 0 spiro atoms. The zero-order valence-electron chi connectivity index (χ0n) is 16.0. The van der Waals surface area contributed by atoms with Gasteiger partial charge in [0.1, 0.15) is 5.82 Å². The second kappa shape index (κ2) is 9.23. The van der Waals surface area contributed by atoms with Gasteiger partial charge in [0.15, 0.2) is 5.96 Å². The first-order valence-electron chi connectivity index (χ1n) is 8.90. The van der Waals surface area contributed by atoms with Crippen molar-refractivity contribution in [1.82, 2.24) is 20.4 Å². The summed E-state index contributed by atoms with van der Waals surface area (Å²) in [6.45, 7) is 7.38. The number of hydrogen-bond donors (Lipinski definition) is 2. The molecule has 0 radical (unpaired) electrons. The van der Waals surface area contributed by atoms with Crippen molar-refractivity contribution in [2.24, 2.45) is 12.0 Å². The molecule has 2 unspecified atom stereocenters. The number of rotatable bonds is 5. The Labute approximate surface area is 181 Å². The van der Waals surface area contributed by atoms with Crippen molar-refractivity contribution in [2.75, 3.05) is 6.54 Å². The van der Waals surface area contributed by atoms with Crippen LogP contribution in [0.5, 0.6) is 0 Å². The van der Waals surface area contributed by atoms with E-state index >= 15 is 0 Å². The van der Waals surface area contributed by atoms with Gasteiger partial charge in [-0.05, 0) is 39.3 Å². The highest BCUT2D eigenvalue weighted by atomic mass is 127. The van der Waals surface area contributed by atoms with Gasteiger partial charge in [0.25, 0.3) is 0 Å². The summed E-state index contributed by atoms with van der Waals surface area (Å²) in [5.74, 6) is 0.569. The maximum atomic E-state index is 14.1. The number of nitrogens with zero attached hydrogens (tertiary/aromatic N) is 3. The summed E-state index contributed by atoms with van der Waals surface area (Å²) in [5, 5.41) is 11.6. The van der Waals surface area contributed by atoms with Gasteiger partial charge in [0, 0.05) is 47.4 Å². The van der Waals surface area contributed by atoms with Gasteiger partial charge in [-0.15, -0.1) is 24.0 Å². The number of aryl methyl sites for hydroxylation is 2. The molecule has 0 saturated heterocycles. The molecule has 27 heavy (non-hydrogen) atoms. The summed E-state index contributed by atoms with van der Waals surface area (Å²) in [4.78, 5) is 4.69. The van der Waals surface area contributed by atoms with Crippen LogP contribution in [0, 0.1) is 19.7 Å². The highest BCUT2D eigenvalue weighted by Crippen LogP contribution is 2.44. The molecular weight excluding hydrogens is 480 g/mol. The third-order valence-electron chi connectivity index (χ3n) is 4.88. The molecule has 148 valence electrons. The maximum Gasteiger partial charge on any atom is 0.191 e. The first kappa shape index (κ1) is 21.9. The summed E-state index contributed by atoms with van der Waals surface area (Å²) in [6.07, 6.45) is 0.843. The third-order valence-corrected chi connectivity index (χ3v) is 5.21. The Bertz CT molecular complexity index is 815. The Kier molecular flexibility index (Phi) is 7.50. The summed E-state index contributed by atoms with van der Waals surface area (Å²) in [5.41, 5.74) is 3.84. The number of guanidine groups is 1. The number of hydrogen-bond acceptors (Lipinski definition) is 2. The van der Waals surface area contributed by atoms with E-state index in [1.165, 1.54) is 6.07 Å². The Morgan fingerprint density at radius 1 is 1.41 bits per heavy atom. The fourth-order valence-electron chi connectivity index (χ4n) is 3.24. The minimum absolute atomic E-state index is 0. The van der Waals surface area contributed by atoms with Gasteiger partial charge >= 0.3 is 0 Å². The van der Waals surface area contributed by atoms with Gasteiger partial charge < -0.3 is 10.6 Å². The topological polar surface area (TPSA) is 54.2 Å². The predicted octanol–water partition coefficient (Wildman–Crippen LogP) is 4.06. The van der Waals surface area contributed by atoms with Crippen LogP contribution in [0.1, 0.15) is 41.8 Å². The van der Waals surface area contributed by atoms with Gasteiger partial charge in [0.2, 0.25) is 0 Å². The van der Waals surface area contributed by atoms with Crippen molar-refractivity contribution in [3.05, 3.63) is 51.6 Å². The minimum atomic E-state index is -0.240. The predicted molar refractivity (Wildman–Crippen MR) is 119 cm³/mol. The average molecular weight is 506 g/mol. The summed E-state index contributed by atoms with van der Waals surface area (Å²) in [7, 11) is 1.94. The highest BCUT2D eigenvalue weighted by molar-refractivity contribution is 14.0. The Morgan fingerprint density at radius 3 is 2.74 bits per heavy atom. The molecule has 0 amide bonds. The first-order chi connectivity index (χ1) is 12.4. The second-order valence-electron chi connectivity index (χ2n) is 6.70. The summed E-state index contributed by atoms with van der Waals surface area (Å²) < 4.78 is 16.0. The average Bonchev–Trinajstić information content (AvgIpc) is 3.27. The Balaban J connectivity index is 0.00000261. The fraction of sp³-hybridized carbons (Fsp3) is 0.474. The zero-order chi connectivity index (χ0) is 18.8. The van der Waals surface area contributed by atoms with Crippen LogP contribution in [0.25, 0.3) is 0 Å². The molecule has 0 aliphatic heterocycles. The lowest BCUT2D eigenvalue weighted by Crippen LogP contribution is -2.39. The Morgan fingerprint density at radius 2 is 2.15 bits per heavy atom. The summed E-state index contributed by atoms with van der Waals surface area (Å²) >= 11 is 6.18. The monoisotopic (exact) mass is 505 g/mol. The molecule has 2 atom stereocenters. The minimum Gasteiger partial charge on any atom is -0.357 e. The number of aliphatic imine (C=N–C) groups is 1. The molecule has 1 heterocycles. The van der Waals surface area contributed by atoms with E-state index in [0.29, 0.717) is 17.1 Å². The number of nitrogens with one attached hydrogen (secondary N) is 2. The molecule has 2 N–H and O–H groups in total. The lowest BCUT2D eigenvalue weighted by atomic mass is 10.1. The molecule has 1 aromatic heterocycles. The van der Waals surface area contributed by atoms with Gasteiger partial charge in [-0.3, -0.25) is 4.68 Å². The number of aromatic nitrogens is 2. The van der Waals surface area contributed by atoms with Crippen LogP contribution in [0.3, 0.4) is 0 Å². The van der Waals surface area contributed by atoms with E-state index in [2.05, 4.69) is 20.7 Å². The maximum absolute atomic E-state index is 14.1. The van der Waals surface area contributed by atoms with Crippen LogP contribution in [0.4, 0.5) is 4.39 Å². The first-order valence-corrected chi connectivity index (χ1v) is 9.28. The van der Waals surface area contributed by atoms with Crippen LogP contribution in [-0.2, 0) is 13.6 Å². The van der Waals surface area contributed by atoms with Gasteiger partial charge in [0.05, 0.1) is 12.2 Å². The van der Waals surface area contributed by atoms with Crippen LogP contribution < -0.4 is 10.6 Å². The lowest BCUT2D eigenvalue weighted by molar-refractivity contribution is 0.608. The van der Waals surface area contributed by atoms with Crippen molar-refractivity contribution in [1.29, 1.82) is 0 Å². The van der Waals surface area contributed by atoms with E-state index in [1.807, 2.05) is 32.5 Å². The van der Waals surface area contributed by atoms with E-state index < -0.39 is 0 Å². The molecule has 1 aliphatic rings. The molecule has 0 bridgehead atoms. The third kappa shape index (κ3) is 4.93. The van der Waals surface area contributed by atoms with Crippen molar-refractivity contribution in [3.8, 4) is 0 Å². The van der Waals surface area contributed by atoms with Crippen molar-refractivity contribution < 1.29 is 4.39 Å². The molecule has 1 aromatic carbocycles. The molecule has 1 fully saturated rings. The molecular formula is C19H26ClFIN5. The van der Waals surface area contributed by atoms with Crippen molar-refractivity contribution in [3.63, 3.8) is 0 Å². The van der Waals surface area contributed by atoms with E-state index in [9.17, 15) is 4.39 Å². The molecule has 1 saturated carbocycles. The van der Waals surface area contributed by atoms with E-state index in [0.717, 1.165) is 35.9 Å². The fourth-order valence-corrected chi connectivity index (χ4v) is 3.54. The Hall–Kier alpha value is -1.35.